The number of piperidine rings is 1. The summed E-state index contributed by atoms with van der Waals surface area (Å²) in [6, 6.07) is -1.57. The van der Waals surface area contributed by atoms with Crippen LogP contribution < -0.4 is 5.32 Å². The molecule has 7 heteroatoms. The number of hydrogen-bond donors (Lipinski definition) is 2. The Kier molecular flexibility index (Phi) is 4.46. The van der Waals surface area contributed by atoms with Crippen molar-refractivity contribution >= 4 is 17.9 Å². The summed E-state index contributed by atoms with van der Waals surface area (Å²) >= 11 is 0. The molecule has 2 saturated heterocycles. The fourth-order valence-electron chi connectivity index (χ4n) is 2.91. The molecule has 2 fully saturated rings. The molecule has 112 valence electrons. The molecule has 0 spiro atoms. The van der Waals surface area contributed by atoms with Gasteiger partial charge in [0.15, 0.2) is 0 Å². The van der Waals surface area contributed by atoms with Crippen molar-refractivity contribution in [1.82, 2.24) is 15.1 Å². The molecule has 2 atom stereocenters. The monoisotopic (exact) mass is 283 g/mol. The lowest BCUT2D eigenvalue weighted by Crippen LogP contribution is -2.55. The second-order valence-corrected chi connectivity index (χ2v) is 5.35. The van der Waals surface area contributed by atoms with Crippen molar-refractivity contribution < 1.29 is 19.5 Å². The predicted octanol–water partition coefficient (Wildman–Crippen LogP) is 0.256. The molecule has 3 amide bonds. The molecule has 20 heavy (non-hydrogen) atoms. The third-order valence-corrected chi connectivity index (χ3v) is 4.02. The number of nitrogens with zero attached hydrogens (tertiary/aromatic N) is 2. The van der Waals surface area contributed by atoms with E-state index in [0.717, 1.165) is 24.2 Å². The van der Waals surface area contributed by atoms with E-state index in [2.05, 4.69) is 5.32 Å². The SMILES string of the molecule is C[C@@H](C(=O)N1CCCCC1)N(C(=O)O)[C@H]1CCNC1=O. The van der Waals surface area contributed by atoms with Crippen molar-refractivity contribution in [3.05, 3.63) is 0 Å². The van der Waals surface area contributed by atoms with E-state index in [9.17, 15) is 19.5 Å². The van der Waals surface area contributed by atoms with E-state index in [1.54, 1.807) is 11.8 Å². The minimum absolute atomic E-state index is 0.202. The first-order valence-corrected chi connectivity index (χ1v) is 7.10. The van der Waals surface area contributed by atoms with Gasteiger partial charge in [-0.2, -0.15) is 0 Å². The van der Waals surface area contributed by atoms with Crippen molar-refractivity contribution in [2.24, 2.45) is 0 Å². The third-order valence-electron chi connectivity index (χ3n) is 4.02. The molecule has 2 N–H and O–H groups in total. The average molecular weight is 283 g/mol. The van der Waals surface area contributed by atoms with Crippen LogP contribution in [0.1, 0.15) is 32.6 Å². The number of likely N-dealkylation sites (tertiary alicyclic amines) is 1. The highest BCUT2D eigenvalue weighted by Crippen LogP contribution is 2.18. The largest absolute Gasteiger partial charge is 0.465 e. The van der Waals surface area contributed by atoms with Gasteiger partial charge >= 0.3 is 6.09 Å². The summed E-state index contributed by atoms with van der Waals surface area (Å²) in [4.78, 5) is 38.2. The smallest absolute Gasteiger partial charge is 0.408 e. The molecule has 7 nitrogen and oxygen atoms in total. The zero-order valence-corrected chi connectivity index (χ0v) is 11.7. The first-order chi connectivity index (χ1) is 9.52. The van der Waals surface area contributed by atoms with Gasteiger partial charge in [0.1, 0.15) is 12.1 Å². The van der Waals surface area contributed by atoms with Crippen LogP contribution in [0.5, 0.6) is 0 Å². The number of carboxylic acid groups (broad SMARTS) is 1. The topological polar surface area (TPSA) is 90.0 Å². The van der Waals surface area contributed by atoms with Gasteiger partial charge in [-0.3, -0.25) is 14.5 Å². The Bertz CT molecular complexity index is 406. The fourth-order valence-corrected chi connectivity index (χ4v) is 2.91. The van der Waals surface area contributed by atoms with Crippen LogP contribution in [-0.2, 0) is 9.59 Å². The lowest BCUT2D eigenvalue weighted by atomic mass is 10.1. The molecule has 2 aliphatic heterocycles. The molecule has 2 aliphatic rings. The van der Waals surface area contributed by atoms with Gasteiger partial charge < -0.3 is 15.3 Å². The van der Waals surface area contributed by atoms with Crippen LogP contribution >= 0.6 is 0 Å². The molecule has 0 unspecified atom stereocenters. The van der Waals surface area contributed by atoms with Gasteiger partial charge in [-0.15, -0.1) is 0 Å². The van der Waals surface area contributed by atoms with Crippen molar-refractivity contribution in [1.29, 1.82) is 0 Å². The maximum atomic E-state index is 12.4. The Morgan fingerprint density at radius 1 is 1.35 bits per heavy atom. The highest BCUT2D eigenvalue weighted by atomic mass is 16.4. The first kappa shape index (κ1) is 14.6. The zero-order chi connectivity index (χ0) is 14.7. The van der Waals surface area contributed by atoms with Crippen molar-refractivity contribution in [2.45, 2.75) is 44.7 Å². The van der Waals surface area contributed by atoms with Crippen LogP contribution in [0.15, 0.2) is 0 Å². The fraction of sp³-hybridized carbons (Fsp3) is 0.769. The lowest BCUT2D eigenvalue weighted by Gasteiger charge is -2.35. The summed E-state index contributed by atoms with van der Waals surface area (Å²) in [5, 5.41) is 12.0. The van der Waals surface area contributed by atoms with Gasteiger partial charge in [-0.25, -0.2) is 4.79 Å². The number of hydrogen-bond acceptors (Lipinski definition) is 3. The summed E-state index contributed by atoms with van der Waals surface area (Å²) in [7, 11) is 0. The van der Waals surface area contributed by atoms with Gasteiger partial charge in [0.25, 0.3) is 0 Å². The van der Waals surface area contributed by atoms with Crippen molar-refractivity contribution in [2.75, 3.05) is 19.6 Å². The van der Waals surface area contributed by atoms with E-state index < -0.39 is 18.2 Å². The van der Waals surface area contributed by atoms with Crippen LogP contribution in [0, 0.1) is 0 Å². The Hall–Kier alpha value is -1.79. The van der Waals surface area contributed by atoms with Gasteiger partial charge in [-0.1, -0.05) is 0 Å². The Balaban J connectivity index is 2.09. The molecule has 0 aliphatic carbocycles. The average Bonchev–Trinajstić information content (AvgIpc) is 2.85. The van der Waals surface area contributed by atoms with E-state index >= 15 is 0 Å². The van der Waals surface area contributed by atoms with Gasteiger partial charge in [0.05, 0.1) is 0 Å². The number of amides is 3. The Morgan fingerprint density at radius 2 is 2.00 bits per heavy atom. The summed E-state index contributed by atoms with van der Waals surface area (Å²) in [6.45, 7) is 3.37. The summed E-state index contributed by atoms with van der Waals surface area (Å²) < 4.78 is 0. The third kappa shape index (κ3) is 2.86. The first-order valence-electron chi connectivity index (χ1n) is 7.10. The number of rotatable bonds is 3. The molecule has 0 aromatic heterocycles. The van der Waals surface area contributed by atoms with E-state index in [4.69, 9.17) is 0 Å². The maximum absolute atomic E-state index is 12.4. The van der Waals surface area contributed by atoms with Gasteiger partial charge in [0, 0.05) is 19.6 Å². The van der Waals surface area contributed by atoms with E-state index in [1.165, 1.54) is 0 Å². The van der Waals surface area contributed by atoms with E-state index in [1.807, 2.05) is 0 Å². The molecule has 0 aromatic carbocycles. The molecule has 2 heterocycles. The van der Waals surface area contributed by atoms with E-state index in [-0.39, 0.29) is 11.8 Å². The number of carbonyl (C=O) groups is 3. The number of carbonyl (C=O) groups excluding carboxylic acids is 2. The molecule has 0 bridgehead atoms. The van der Waals surface area contributed by atoms with Gasteiger partial charge in [-0.05, 0) is 32.6 Å². The van der Waals surface area contributed by atoms with E-state index in [0.29, 0.717) is 26.1 Å². The zero-order valence-electron chi connectivity index (χ0n) is 11.7. The van der Waals surface area contributed by atoms with Crippen LogP contribution in [0.25, 0.3) is 0 Å². The Morgan fingerprint density at radius 3 is 2.50 bits per heavy atom. The van der Waals surface area contributed by atoms with Crippen LogP contribution in [0.3, 0.4) is 0 Å². The minimum Gasteiger partial charge on any atom is -0.465 e. The summed E-state index contributed by atoms with van der Waals surface area (Å²) in [6.07, 6.45) is 2.21. The second kappa shape index (κ2) is 6.11. The lowest BCUT2D eigenvalue weighted by molar-refractivity contribution is -0.138. The van der Waals surface area contributed by atoms with Gasteiger partial charge in [0.2, 0.25) is 11.8 Å². The molecule has 0 radical (unpaired) electrons. The van der Waals surface area contributed by atoms with Crippen LogP contribution in [0.4, 0.5) is 4.79 Å². The highest BCUT2D eigenvalue weighted by Gasteiger charge is 2.40. The standard InChI is InChI=1S/C13H21N3O4/c1-9(12(18)15-7-3-2-4-8-15)16(13(19)20)10-5-6-14-11(10)17/h9-10H,2-8H2,1H3,(H,14,17)(H,19,20)/t9-,10-/m0/s1. The maximum Gasteiger partial charge on any atom is 0.408 e. The molecule has 0 saturated carbocycles. The predicted molar refractivity (Wildman–Crippen MR) is 71.2 cm³/mol. The molecule has 0 aromatic rings. The van der Waals surface area contributed by atoms with Crippen LogP contribution in [0.2, 0.25) is 0 Å². The van der Waals surface area contributed by atoms with Crippen LogP contribution in [-0.4, -0.2) is 64.5 Å². The minimum atomic E-state index is -1.22. The summed E-state index contributed by atoms with van der Waals surface area (Å²) in [5.74, 6) is -0.516. The molecular formula is C13H21N3O4. The second-order valence-electron chi connectivity index (χ2n) is 5.35. The number of nitrogens with one attached hydrogen (secondary N) is 1. The normalized spacial score (nSPS) is 24.1. The summed E-state index contributed by atoms with van der Waals surface area (Å²) in [5.41, 5.74) is 0. The molecular weight excluding hydrogens is 262 g/mol. The van der Waals surface area contributed by atoms with Crippen molar-refractivity contribution in [3.8, 4) is 0 Å². The quantitative estimate of drug-likeness (QED) is 0.777. The van der Waals surface area contributed by atoms with Crippen molar-refractivity contribution in [3.63, 3.8) is 0 Å². The molecule has 2 rings (SSSR count). The Labute approximate surface area is 117 Å². The highest BCUT2D eigenvalue weighted by molar-refractivity contribution is 5.91.